The number of aromatic amines is 4. The van der Waals surface area contributed by atoms with Crippen LogP contribution in [0, 0.1) is 13.8 Å². The summed E-state index contributed by atoms with van der Waals surface area (Å²) in [5, 5.41) is 26.2. The monoisotopic (exact) mass is 704 g/mol. The van der Waals surface area contributed by atoms with Gasteiger partial charge in [-0.05, 0) is 92.3 Å². The summed E-state index contributed by atoms with van der Waals surface area (Å²) in [4.78, 5) is 52.7. The lowest BCUT2D eigenvalue weighted by atomic mass is 9.85. The van der Waals surface area contributed by atoms with Crippen LogP contribution in [-0.4, -0.2) is 31.5 Å². The van der Waals surface area contributed by atoms with Crippen molar-refractivity contribution >= 4 is 66.6 Å². The molecule has 0 spiro atoms. The van der Waals surface area contributed by atoms with E-state index in [9.17, 15) is 9.59 Å². The molecule has 0 atom stereocenters. The number of nitrogens with one attached hydrogen (secondary N) is 4. The predicted molar refractivity (Wildman–Crippen MR) is 180 cm³/mol. The minimum Gasteiger partial charge on any atom is -0.550 e. The topological polar surface area (TPSA) is 184 Å². The number of H-pyrrole nitrogens is 4. The summed E-state index contributed by atoms with van der Waals surface area (Å²) in [7, 11) is 0. The van der Waals surface area contributed by atoms with Crippen molar-refractivity contribution in [1.82, 2.24) is 19.6 Å². The van der Waals surface area contributed by atoms with Gasteiger partial charge in [0.1, 0.15) is 11.0 Å². The van der Waals surface area contributed by atoms with Crippen molar-refractivity contribution in [3.05, 3.63) is 127 Å². The maximum atomic E-state index is 14.1. The maximum Gasteiger partial charge on any atom is 0.366 e. The lowest BCUT2D eigenvalue weighted by Crippen LogP contribution is -2.27. The lowest BCUT2D eigenvalue weighted by Gasteiger charge is -2.14. The number of rotatable bonds is 5. The van der Waals surface area contributed by atoms with Crippen LogP contribution in [0.5, 0.6) is 0 Å². The van der Waals surface area contributed by atoms with Crippen LogP contribution in [0.3, 0.4) is 0 Å². The third-order valence-corrected chi connectivity index (χ3v) is 9.45. The van der Waals surface area contributed by atoms with Gasteiger partial charge in [-0.3, -0.25) is 0 Å². The number of halogens is 1. The number of carboxylic acids is 2. The summed E-state index contributed by atoms with van der Waals surface area (Å²) in [6, 6.07) is 23.1. The molecular formula is C33H29ClN6O6S2. The molecule has 48 heavy (non-hydrogen) atoms. The minimum absolute atomic E-state index is 0.222. The minimum atomic E-state index is -1.08. The molecule has 0 unspecified atom stereocenters. The van der Waals surface area contributed by atoms with Crippen molar-refractivity contribution in [2.45, 2.75) is 33.6 Å². The van der Waals surface area contributed by atoms with Crippen LogP contribution in [0.15, 0.2) is 82.4 Å². The second-order valence-corrected chi connectivity index (χ2v) is 13.1. The van der Waals surface area contributed by atoms with Gasteiger partial charge in [0.15, 0.2) is 0 Å². The first-order valence-corrected chi connectivity index (χ1v) is 16.4. The molecule has 0 fully saturated rings. The van der Waals surface area contributed by atoms with E-state index >= 15 is 0 Å². The van der Waals surface area contributed by atoms with Crippen LogP contribution in [0.2, 0.25) is 5.02 Å². The Labute approximate surface area is 285 Å². The van der Waals surface area contributed by atoms with Gasteiger partial charge in [-0.15, -0.1) is 0 Å². The molecule has 4 N–H and O–H groups in total. The number of aliphatic carboxylic acids is 2. The number of hydrogen-bond donors (Lipinski definition) is 2. The number of carbonyl (C=O) groups excluding carboxylic acids is 2. The zero-order chi connectivity index (χ0) is 34.7. The van der Waals surface area contributed by atoms with Gasteiger partial charge >= 0.3 is 21.4 Å². The van der Waals surface area contributed by atoms with Crippen molar-refractivity contribution in [2.75, 3.05) is 0 Å². The van der Waals surface area contributed by atoms with Crippen LogP contribution in [0.25, 0.3) is 30.7 Å². The highest BCUT2D eigenvalue weighted by atomic mass is 35.5. The van der Waals surface area contributed by atoms with E-state index in [2.05, 4.69) is 20.2 Å². The average Bonchev–Trinajstić information content (AvgIpc) is 3.78. The SMILES string of the molecule is CC(=O)[O-].CC(=O)[O-].Cc1[nH]n(-c2[nH+]c3ccccc3s2)c(=O)c1C(c1ccc(Cl)cc1)c1c(C)[nH]n(-c2[nH+]c3ccccc3s2)c1=O. The zero-order valence-corrected chi connectivity index (χ0v) is 28.4. The van der Waals surface area contributed by atoms with E-state index in [4.69, 9.17) is 31.4 Å². The maximum absolute atomic E-state index is 14.1. The van der Waals surface area contributed by atoms with Crippen molar-refractivity contribution < 1.29 is 29.8 Å². The third kappa shape index (κ3) is 7.15. The molecule has 246 valence electrons. The van der Waals surface area contributed by atoms with E-state index in [-0.39, 0.29) is 11.1 Å². The summed E-state index contributed by atoms with van der Waals surface area (Å²) in [5.41, 5.74) is 4.59. The molecule has 0 saturated carbocycles. The number of aryl methyl sites for hydroxylation is 2. The molecule has 7 rings (SSSR count). The van der Waals surface area contributed by atoms with Gasteiger partial charge in [0.2, 0.25) is 0 Å². The summed E-state index contributed by atoms with van der Waals surface area (Å²) >= 11 is 9.20. The number of benzene rings is 3. The Hall–Kier alpha value is -5.31. The number of fused-ring (bicyclic) bond motifs is 2. The largest absolute Gasteiger partial charge is 0.550 e. The quantitative estimate of drug-likeness (QED) is 0.278. The Morgan fingerprint density at radius 1 is 0.708 bits per heavy atom. The van der Waals surface area contributed by atoms with Gasteiger partial charge in [-0.1, -0.05) is 57.4 Å². The molecule has 0 aliphatic heterocycles. The molecule has 4 heterocycles. The molecule has 4 aromatic heterocycles. The Kier molecular flexibility index (Phi) is 10.1. The zero-order valence-electron chi connectivity index (χ0n) is 26.0. The van der Waals surface area contributed by atoms with Crippen molar-refractivity contribution in [3.63, 3.8) is 0 Å². The molecule has 12 nitrogen and oxygen atoms in total. The van der Waals surface area contributed by atoms with Gasteiger partial charge in [0.05, 0.1) is 37.8 Å². The standard InChI is InChI=1S/C29H21ClN6O2S2.2C2H4O2/c1-15-23(26(37)35(33-15)28-31-19-7-3-5-9-21(19)39-28)25(17-11-13-18(30)14-12-17)24-16(2)34-36(27(24)38)29-32-20-8-4-6-10-22(20)40-29;2*1-2(3)4/h3-14,25,33-34H,1-2H3;2*1H3,(H,3,4). The molecule has 0 saturated heterocycles. The van der Waals surface area contributed by atoms with Crippen molar-refractivity contribution in [2.24, 2.45) is 0 Å². The number of hydrogen-bond acceptors (Lipinski definition) is 8. The molecule has 7 aromatic rings. The number of carboxylic acid groups (broad SMARTS) is 2. The van der Waals surface area contributed by atoms with Gasteiger partial charge in [0.25, 0.3) is 0 Å². The molecule has 0 aliphatic rings. The smallest absolute Gasteiger partial charge is 0.366 e. The Morgan fingerprint density at radius 2 is 1.08 bits per heavy atom. The lowest BCUT2D eigenvalue weighted by molar-refractivity contribution is -0.335. The fourth-order valence-corrected chi connectivity index (χ4v) is 7.28. The first-order chi connectivity index (χ1) is 22.8. The molecule has 0 radical (unpaired) electrons. The van der Waals surface area contributed by atoms with Crippen molar-refractivity contribution in [1.29, 1.82) is 0 Å². The summed E-state index contributed by atoms with van der Waals surface area (Å²) < 4.78 is 5.13. The van der Waals surface area contributed by atoms with Gasteiger partial charge in [-0.2, -0.15) is 0 Å². The van der Waals surface area contributed by atoms with E-state index < -0.39 is 17.9 Å². The van der Waals surface area contributed by atoms with Crippen LogP contribution in [0.1, 0.15) is 47.8 Å². The second kappa shape index (κ2) is 14.2. The Bertz CT molecular complexity index is 2160. The summed E-state index contributed by atoms with van der Waals surface area (Å²) in [6.45, 7) is 5.67. The molecular weight excluding hydrogens is 676 g/mol. The number of nitrogens with zero attached hydrogens (tertiary/aromatic N) is 2. The average molecular weight is 705 g/mol. The van der Waals surface area contributed by atoms with Gasteiger partial charge < -0.3 is 19.8 Å². The highest BCUT2D eigenvalue weighted by molar-refractivity contribution is 7.20. The highest BCUT2D eigenvalue weighted by Gasteiger charge is 2.35. The van der Waals surface area contributed by atoms with E-state index in [1.54, 1.807) is 12.1 Å². The van der Waals surface area contributed by atoms with Crippen LogP contribution in [-0.2, 0) is 9.59 Å². The van der Waals surface area contributed by atoms with E-state index in [0.717, 1.165) is 39.8 Å². The van der Waals surface area contributed by atoms with Crippen molar-refractivity contribution in [3.8, 4) is 10.3 Å². The molecule has 15 heteroatoms. The molecule has 0 bridgehead atoms. The summed E-state index contributed by atoms with van der Waals surface area (Å²) in [6.07, 6.45) is 0. The van der Waals surface area contributed by atoms with Crippen LogP contribution < -0.4 is 31.3 Å². The Balaban J connectivity index is 0.000000510. The predicted octanol–water partition coefficient (Wildman–Crippen LogP) is 2.67. The van der Waals surface area contributed by atoms with Crippen LogP contribution >= 0.6 is 34.3 Å². The van der Waals surface area contributed by atoms with E-state index in [1.807, 2.05) is 74.5 Å². The normalized spacial score (nSPS) is 10.9. The highest BCUT2D eigenvalue weighted by Crippen LogP contribution is 2.33. The van der Waals surface area contributed by atoms with Gasteiger partial charge in [0, 0.05) is 17.0 Å². The fraction of sp³-hybridized carbons (Fsp3) is 0.152. The number of carbonyl (C=O) groups is 2. The first kappa shape index (κ1) is 34.0. The molecule has 0 amide bonds. The second-order valence-electron chi connectivity index (χ2n) is 10.6. The third-order valence-electron chi connectivity index (χ3n) is 7.09. The molecule has 0 aliphatic carbocycles. The van der Waals surface area contributed by atoms with Gasteiger partial charge in [-0.25, -0.2) is 29.8 Å². The Morgan fingerprint density at radius 3 is 1.46 bits per heavy atom. The number of thiazole rings is 2. The van der Waals surface area contributed by atoms with E-state index in [1.165, 1.54) is 32.0 Å². The summed E-state index contributed by atoms with van der Waals surface area (Å²) in [5.74, 6) is -2.80. The number of aromatic nitrogens is 6. The molecule has 3 aromatic carbocycles. The fourth-order valence-electron chi connectivity index (χ4n) is 5.23. The van der Waals surface area contributed by atoms with E-state index in [0.29, 0.717) is 37.8 Å². The first-order valence-electron chi connectivity index (χ1n) is 14.4. The van der Waals surface area contributed by atoms with Crippen LogP contribution in [0.4, 0.5) is 0 Å². The number of para-hydroxylation sites is 2.